The fourth-order valence-electron chi connectivity index (χ4n) is 4.64. The first-order valence-corrected chi connectivity index (χ1v) is 13.5. The molecule has 3 N–H and O–H groups in total. The summed E-state index contributed by atoms with van der Waals surface area (Å²) in [6, 6.07) is 0. The highest BCUT2D eigenvalue weighted by Gasteiger charge is 2.45. The van der Waals surface area contributed by atoms with Crippen LogP contribution in [0.2, 0.25) is 0 Å². The summed E-state index contributed by atoms with van der Waals surface area (Å²) in [5, 5.41) is 9.16. The lowest BCUT2D eigenvalue weighted by Crippen LogP contribution is -2.45. The second-order valence-corrected chi connectivity index (χ2v) is 12.9. The molecule has 0 radical (unpaired) electrons. The highest BCUT2D eigenvalue weighted by atomic mass is 16.5. The number of quaternary nitrogens is 1. The van der Waals surface area contributed by atoms with E-state index in [0.717, 1.165) is 17.4 Å². The van der Waals surface area contributed by atoms with E-state index in [2.05, 4.69) is 21.1 Å². The summed E-state index contributed by atoms with van der Waals surface area (Å²) in [5.74, 6) is -2.24. The van der Waals surface area contributed by atoms with Crippen LogP contribution >= 0.6 is 0 Å². The Morgan fingerprint density at radius 1 is 0.973 bits per heavy atom. The van der Waals surface area contributed by atoms with Crippen LogP contribution in [0.5, 0.6) is 0 Å². The number of nitrogens with zero attached hydrogens (tertiary/aromatic N) is 1. The molecule has 9 nitrogen and oxygen atoms in total. The van der Waals surface area contributed by atoms with Crippen molar-refractivity contribution in [3.63, 3.8) is 0 Å². The van der Waals surface area contributed by atoms with Gasteiger partial charge in [-0.15, -0.1) is 0 Å². The lowest BCUT2D eigenvalue weighted by Gasteiger charge is -2.38. The zero-order valence-electron chi connectivity index (χ0n) is 25.1. The van der Waals surface area contributed by atoms with Gasteiger partial charge in [-0.3, -0.25) is 14.4 Å². The van der Waals surface area contributed by atoms with Crippen LogP contribution in [-0.4, -0.2) is 93.6 Å². The molecule has 37 heavy (non-hydrogen) atoms. The molecule has 0 amide bonds. The fourth-order valence-corrected chi connectivity index (χ4v) is 4.64. The van der Waals surface area contributed by atoms with Crippen molar-refractivity contribution >= 4 is 17.7 Å². The number of ether oxygens (including phenoxy) is 3. The van der Waals surface area contributed by atoms with Gasteiger partial charge in [0.25, 0.3) is 0 Å². The maximum Gasteiger partial charge on any atom is 0.311 e. The molecule has 0 aromatic carbocycles. The van der Waals surface area contributed by atoms with Gasteiger partial charge in [0.1, 0.15) is 19.8 Å². The summed E-state index contributed by atoms with van der Waals surface area (Å²) in [5.41, 5.74) is 4.06. The van der Waals surface area contributed by atoms with Gasteiger partial charge in [0.15, 0.2) is 5.78 Å². The van der Waals surface area contributed by atoms with Crippen LogP contribution in [0.15, 0.2) is 0 Å². The van der Waals surface area contributed by atoms with E-state index in [1.54, 1.807) is 13.8 Å². The SMILES string of the molecule is CCOC(=O)C(CC(C(=O)COCC[N+](C)(C)C)C(C)(C)CC)CC(C)(CC(C)(C)N)C(=O)OCCO. The number of nitrogens with two attached hydrogens (primary N) is 1. The van der Waals surface area contributed by atoms with Crippen molar-refractivity contribution in [2.75, 3.05) is 60.7 Å². The van der Waals surface area contributed by atoms with Crippen LogP contribution < -0.4 is 5.73 Å². The molecule has 0 saturated carbocycles. The van der Waals surface area contributed by atoms with Crippen molar-refractivity contribution < 1.29 is 38.2 Å². The number of Topliss-reactive ketones (excluding diaryl/α,β-unsaturated/α-hetero) is 1. The molecule has 0 saturated heterocycles. The van der Waals surface area contributed by atoms with E-state index in [9.17, 15) is 14.4 Å². The Kier molecular flexibility index (Phi) is 14.5. The molecule has 0 fully saturated rings. The van der Waals surface area contributed by atoms with Gasteiger partial charge in [0.2, 0.25) is 0 Å². The Morgan fingerprint density at radius 2 is 1.57 bits per heavy atom. The topological polar surface area (TPSA) is 125 Å². The Bertz CT molecular complexity index is 725. The fraction of sp³-hybridized carbons (Fsp3) is 0.893. The van der Waals surface area contributed by atoms with E-state index < -0.39 is 40.1 Å². The summed E-state index contributed by atoms with van der Waals surface area (Å²) in [7, 11) is 6.18. The van der Waals surface area contributed by atoms with Crippen LogP contribution in [0.25, 0.3) is 0 Å². The molecule has 0 rings (SSSR count). The predicted molar refractivity (Wildman–Crippen MR) is 145 cm³/mol. The summed E-state index contributed by atoms with van der Waals surface area (Å²) in [6.07, 6.45) is 1.32. The molecule has 0 aromatic heterocycles. The second-order valence-electron chi connectivity index (χ2n) is 12.9. The minimum Gasteiger partial charge on any atom is -0.466 e. The first kappa shape index (κ1) is 35.5. The third-order valence-electron chi connectivity index (χ3n) is 6.89. The third kappa shape index (κ3) is 13.7. The second kappa shape index (κ2) is 15.1. The Morgan fingerprint density at radius 3 is 2.03 bits per heavy atom. The van der Waals surface area contributed by atoms with Crippen LogP contribution in [0.3, 0.4) is 0 Å². The summed E-state index contributed by atoms with van der Waals surface area (Å²) < 4.78 is 17.2. The molecular weight excluding hydrogens is 476 g/mol. The summed E-state index contributed by atoms with van der Waals surface area (Å²) in [4.78, 5) is 39.7. The molecule has 0 aliphatic carbocycles. The van der Waals surface area contributed by atoms with Gasteiger partial charge in [0.05, 0.1) is 52.3 Å². The summed E-state index contributed by atoms with van der Waals surface area (Å²) in [6.45, 7) is 14.1. The van der Waals surface area contributed by atoms with Crippen LogP contribution in [-0.2, 0) is 28.6 Å². The van der Waals surface area contributed by atoms with Gasteiger partial charge in [-0.1, -0.05) is 27.2 Å². The average Bonchev–Trinajstić information content (AvgIpc) is 2.75. The largest absolute Gasteiger partial charge is 0.466 e. The molecule has 3 unspecified atom stereocenters. The van der Waals surface area contributed by atoms with Crippen LogP contribution in [0.1, 0.15) is 74.1 Å². The van der Waals surface area contributed by atoms with Gasteiger partial charge < -0.3 is 29.5 Å². The van der Waals surface area contributed by atoms with E-state index >= 15 is 0 Å². The number of hydrogen-bond donors (Lipinski definition) is 2. The molecule has 3 atom stereocenters. The molecule has 0 aromatic rings. The van der Waals surface area contributed by atoms with Gasteiger partial charge >= 0.3 is 11.9 Å². The van der Waals surface area contributed by atoms with E-state index in [1.807, 2.05) is 34.6 Å². The smallest absolute Gasteiger partial charge is 0.311 e. The van der Waals surface area contributed by atoms with Gasteiger partial charge in [-0.05, 0) is 52.4 Å². The molecule has 0 aliphatic heterocycles. The Hall–Kier alpha value is -1.55. The zero-order valence-corrected chi connectivity index (χ0v) is 25.1. The molecule has 0 heterocycles. The number of rotatable bonds is 19. The molecule has 9 heteroatoms. The number of aliphatic hydroxyl groups is 1. The van der Waals surface area contributed by atoms with Crippen LogP contribution in [0, 0.1) is 22.7 Å². The minimum atomic E-state index is -1.12. The normalized spacial score (nSPS) is 16.0. The molecule has 218 valence electrons. The van der Waals surface area contributed by atoms with E-state index in [4.69, 9.17) is 25.1 Å². The zero-order chi connectivity index (χ0) is 29.1. The van der Waals surface area contributed by atoms with Crippen molar-refractivity contribution in [2.24, 2.45) is 28.4 Å². The van der Waals surface area contributed by atoms with E-state index in [0.29, 0.717) is 6.61 Å². The van der Waals surface area contributed by atoms with Crippen molar-refractivity contribution in [1.82, 2.24) is 0 Å². The quantitative estimate of drug-likeness (QED) is 0.148. The standard InChI is InChI=1S/C28H55N2O7/c1-11-26(3,4)22(23(32)19-35-15-13-30(8,9)10)17-21(24(33)36-12-2)18-28(7,20-27(5,6)29)25(34)37-16-14-31/h21-22,31H,11-20,29H2,1-10H3/q+1. The van der Waals surface area contributed by atoms with Crippen molar-refractivity contribution in [3.05, 3.63) is 0 Å². The maximum absolute atomic E-state index is 13.4. The van der Waals surface area contributed by atoms with Gasteiger partial charge in [-0.2, -0.15) is 0 Å². The van der Waals surface area contributed by atoms with Gasteiger partial charge in [0, 0.05) is 11.5 Å². The highest BCUT2D eigenvalue weighted by Crippen LogP contribution is 2.42. The van der Waals surface area contributed by atoms with Crippen molar-refractivity contribution in [1.29, 1.82) is 0 Å². The van der Waals surface area contributed by atoms with Crippen molar-refractivity contribution in [3.8, 4) is 0 Å². The first-order chi connectivity index (χ1) is 16.8. The average molecular weight is 532 g/mol. The predicted octanol–water partition coefficient (Wildman–Crippen LogP) is 2.96. The Labute approximate surface area is 225 Å². The van der Waals surface area contributed by atoms with Crippen LogP contribution in [0.4, 0.5) is 0 Å². The number of likely N-dealkylation sites (N-methyl/N-ethyl adjacent to an activating group) is 1. The number of hydrogen-bond acceptors (Lipinski definition) is 8. The van der Waals surface area contributed by atoms with Crippen molar-refractivity contribution in [2.45, 2.75) is 79.7 Å². The van der Waals surface area contributed by atoms with E-state index in [1.165, 1.54) is 0 Å². The minimum absolute atomic E-state index is 0.0325. The Balaban J connectivity index is 6.08. The number of ketones is 1. The molecule has 0 bridgehead atoms. The number of aliphatic hydroxyl groups excluding tert-OH is 1. The highest BCUT2D eigenvalue weighted by molar-refractivity contribution is 5.84. The molecular formula is C28H55N2O7+. The molecule has 0 spiro atoms. The van der Waals surface area contributed by atoms with Gasteiger partial charge in [-0.25, -0.2) is 0 Å². The summed E-state index contributed by atoms with van der Waals surface area (Å²) >= 11 is 0. The number of carbonyl (C=O) groups is 3. The molecule has 0 aliphatic rings. The third-order valence-corrected chi connectivity index (χ3v) is 6.89. The number of esters is 2. The monoisotopic (exact) mass is 531 g/mol. The maximum atomic E-state index is 13.4. The lowest BCUT2D eigenvalue weighted by atomic mass is 9.67. The lowest BCUT2D eigenvalue weighted by molar-refractivity contribution is -0.870. The first-order valence-electron chi connectivity index (χ1n) is 13.5. The number of carbonyl (C=O) groups excluding carboxylic acids is 3. The van der Waals surface area contributed by atoms with E-state index in [-0.39, 0.29) is 51.5 Å².